The second kappa shape index (κ2) is 28.3. The molecule has 6 aliphatic heterocycles. The Kier molecular flexibility index (Phi) is 20.5. The Balaban J connectivity index is 0.786. The van der Waals surface area contributed by atoms with E-state index in [1.807, 2.05) is 36.4 Å². The van der Waals surface area contributed by atoms with Crippen LogP contribution in [0.1, 0.15) is 154 Å². The first-order chi connectivity index (χ1) is 47.0. The summed E-state index contributed by atoms with van der Waals surface area (Å²) in [4.78, 5) is 50.6. The largest absolute Gasteiger partial charge is 0.487 e. The number of likely N-dealkylation sites (tertiary alicyclic amines) is 1. The summed E-state index contributed by atoms with van der Waals surface area (Å²) in [5, 5.41) is 25.8. The van der Waals surface area contributed by atoms with Crippen LogP contribution in [0.25, 0.3) is 0 Å². The van der Waals surface area contributed by atoms with E-state index in [1.165, 1.54) is 4.31 Å². The van der Waals surface area contributed by atoms with Crippen molar-refractivity contribution in [3.05, 3.63) is 128 Å². The molecule has 1 unspecified atom stereocenters. The molecule has 13 rings (SSSR count). The summed E-state index contributed by atoms with van der Waals surface area (Å²) in [6.07, 6.45) is 12.0. The standard InChI is InChI=1S/C74H97Cl2N7O13S3/c1-47-11-8-29-73(87,61-22-16-55(61)41-81-31-7-6-13-51-37-58(75)20-15-57(51)44-95-66-25-18-53(39-64(66)81)69(84)77-98(91,92)49(47)3)46-97(89,90)83-35-33-80(34-36-83)43-68-72(28-10-14-52-38-59(76)21-24-60(52)72)45-82-42-56-17-23-62(56)74(88,63-27-32-79(5)71(63)86)30-9-12-48(2)50(4)99(93,94)78-70(85)54-19-26-67(96-68)65(82)40-54/h9,15,18-21,24-26,30,37-40,47-50,55-56,61-63,68,87-88H,6-8,10-14,16-17,22-23,27-29,31-36,41-46H2,1-5H3,(H,77,84)(H,78,85)/b30-9+/t47-,48-,49+,50+,55-,56-,61+,62+,63-,68?,72+,73+,74-/m0/s1. The Morgan fingerprint density at radius 1 is 0.636 bits per heavy atom. The molecule has 13 atom stereocenters. The van der Waals surface area contributed by atoms with Gasteiger partial charge < -0.3 is 34.4 Å². The number of carbonyl (C=O) groups excluding carboxylic acids is 3. The number of amides is 3. The van der Waals surface area contributed by atoms with Crippen molar-refractivity contribution >= 4 is 82.4 Å². The van der Waals surface area contributed by atoms with E-state index in [-0.39, 0.29) is 60.9 Å². The minimum Gasteiger partial charge on any atom is -0.487 e. The molecule has 4 N–H and O–H groups in total. The van der Waals surface area contributed by atoms with Gasteiger partial charge in [0.25, 0.3) is 11.8 Å². The summed E-state index contributed by atoms with van der Waals surface area (Å²) < 4.78 is 107. The number of halogens is 2. The van der Waals surface area contributed by atoms with E-state index in [0.717, 1.165) is 67.2 Å². The number of nitrogens with zero attached hydrogens (tertiary/aromatic N) is 5. The number of benzene rings is 4. The van der Waals surface area contributed by atoms with Crippen molar-refractivity contribution in [1.82, 2.24) is 23.5 Å². The van der Waals surface area contributed by atoms with Gasteiger partial charge >= 0.3 is 0 Å². The molecule has 99 heavy (non-hydrogen) atoms. The number of piperazine rings is 1. The molecule has 4 bridgehead atoms. The first-order valence-corrected chi connectivity index (χ1v) is 41.3. The molecule has 2 saturated heterocycles. The van der Waals surface area contributed by atoms with Crippen molar-refractivity contribution in [3.63, 3.8) is 0 Å². The van der Waals surface area contributed by atoms with E-state index in [2.05, 4.69) is 30.2 Å². The van der Waals surface area contributed by atoms with Gasteiger partial charge in [0.15, 0.2) is 0 Å². The average Bonchev–Trinajstić information content (AvgIpc) is 1.70. The molecule has 20 nitrogen and oxygen atoms in total. The Labute approximate surface area is 594 Å². The fourth-order valence-electron chi connectivity index (χ4n) is 17.9. The first-order valence-electron chi connectivity index (χ1n) is 35.9. The van der Waals surface area contributed by atoms with Crippen LogP contribution < -0.4 is 28.7 Å². The topological polar surface area (TPSA) is 253 Å². The van der Waals surface area contributed by atoms with E-state index in [4.69, 9.17) is 32.7 Å². The number of rotatable bonds is 6. The van der Waals surface area contributed by atoms with Gasteiger partial charge in [-0.05, 0) is 222 Å². The molecule has 1 spiro atoms. The molecule has 4 fully saturated rings. The number of hydrogen-bond acceptors (Lipinski definition) is 16. The van der Waals surface area contributed by atoms with Crippen LogP contribution in [0, 0.1) is 41.4 Å². The van der Waals surface area contributed by atoms with Crippen LogP contribution in [0.4, 0.5) is 11.4 Å². The fraction of sp³-hybridized carbons (Fsp3) is 0.608. The zero-order valence-electron chi connectivity index (χ0n) is 57.6. The zero-order chi connectivity index (χ0) is 70.1. The van der Waals surface area contributed by atoms with Gasteiger partial charge in [-0.3, -0.25) is 19.3 Å². The van der Waals surface area contributed by atoms with Crippen LogP contribution in [0.5, 0.6) is 11.5 Å². The number of anilines is 2. The van der Waals surface area contributed by atoms with Gasteiger partial charge in [-0.25, -0.2) is 34.7 Å². The van der Waals surface area contributed by atoms with Gasteiger partial charge in [0.1, 0.15) is 24.2 Å². The summed E-state index contributed by atoms with van der Waals surface area (Å²) in [7, 11) is -10.8. The molecular weight excluding hydrogens is 1360 g/mol. The predicted octanol–water partition coefficient (Wildman–Crippen LogP) is 9.51. The Morgan fingerprint density at radius 3 is 1.93 bits per heavy atom. The van der Waals surface area contributed by atoms with E-state index >= 15 is 8.42 Å². The highest BCUT2D eigenvalue weighted by atomic mass is 35.5. The SMILES string of the molecule is C[C@@H]1[C@@H](C)C/C=C/[C@@](O)([C@H]2CCN(C)C2=O)[C@@H]2CC[C@H]2CN2C[C@@]3(CCCc4cc(Cl)ccc43)C(CN3CCN(S(=O)(=O)C[C@]4(O)CCC[C@H](C)[C@@H](C)S(=O)(=O)NC(=O)c5ccc6c(c5)N(CCCCc5cc(Cl)ccc5CO6)C[C@@H]5CC[C@H]54)CC3)Oc3ccc(cc32)C(=O)NS1(=O)=O. The summed E-state index contributed by atoms with van der Waals surface area (Å²) in [6.45, 7) is 10.7. The highest BCUT2D eigenvalue weighted by molar-refractivity contribution is 7.91. The van der Waals surface area contributed by atoms with Crippen molar-refractivity contribution in [2.24, 2.45) is 41.4 Å². The van der Waals surface area contributed by atoms with Crippen molar-refractivity contribution in [3.8, 4) is 11.5 Å². The van der Waals surface area contributed by atoms with Crippen LogP contribution in [0.3, 0.4) is 0 Å². The van der Waals surface area contributed by atoms with E-state index in [0.29, 0.717) is 130 Å². The molecule has 3 aliphatic carbocycles. The van der Waals surface area contributed by atoms with Crippen LogP contribution >= 0.6 is 23.2 Å². The quantitative estimate of drug-likeness (QED) is 0.131. The summed E-state index contributed by atoms with van der Waals surface area (Å²) in [5.41, 5.74) is 1.80. The molecule has 3 amide bonds. The molecule has 4 aromatic carbocycles. The highest BCUT2D eigenvalue weighted by Crippen LogP contribution is 2.53. The Bertz CT molecular complexity index is 4140. The summed E-state index contributed by atoms with van der Waals surface area (Å²) in [6, 6.07) is 21.8. The number of aryl methyl sites for hydroxylation is 2. The predicted molar refractivity (Wildman–Crippen MR) is 384 cm³/mol. The second-order valence-electron chi connectivity index (χ2n) is 30.6. The third-order valence-corrected chi connectivity index (χ3v) is 31.0. The molecule has 0 radical (unpaired) electrons. The molecule has 9 aliphatic rings. The smallest absolute Gasteiger partial charge is 0.264 e. The number of fused-ring (bicyclic) bond motifs is 7. The maximum Gasteiger partial charge on any atom is 0.264 e. The van der Waals surface area contributed by atoms with Crippen LogP contribution in [-0.4, -0.2) is 173 Å². The number of ether oxygens (including phenoxy) is 2. The monoisotopic (exact) mass is 1460 g/mol. The maximum absolute atomic E-state index is 15.3. The van der Waals surface area contributed by atoms with Crippen molar-refractivity contribution in [2.75, 3.05) is 88.0 Å². The minimum atomic E-state index is -4.20. The van der Waals surface area contributed by atoms with Gasteiger partial charge in [-0.2, -0.15) is 4.31 Å². The van der Waals surface area contributed by atoms with E-state index in [9.17, 15) is 41.4 Å². The third-order valence-electron chi connectivity index (χ3n) is 24.6. The highest BCUT2D eigenvalue weighted by Gasteiger charge is 2.57. The molecule has 2 saturated carbocycles. The summed E-state index contributed by atoms with van der Waals surface area (Å²) >= 11 is 13.3. The minimum absolute atomic E-state index is 0.0986. The van der Waals surface area contributed by atoms with Gasteiger partial charge in [0.05, 0.1) is 50.2 Å². The van der Waals surface area contributed by atoms with Crippen molar-refractivity contribution in [1.29, 1.82) is 0 Å². The van der Waals surface area contributed by atoms with Crippen LogP contribution in [-0.2, 0) is 59.7 Å². The second-order valence-corrected chi connectivity index (χ2v) is 37.5. The number of nitrogens with one attached hydrogen (secondary N) is 2. The lowest BCUT2D eigenvalue weighted by molar-refractivity contribution is -0.143. The lowest BCUT2D eigenvalue weighted by atomic mass is 9.60. The van der Waals surface area contributed by atoms with Crippen LogP contribution in [0.15, 0.2) is 84.9 Å². The van der Waals surface area contributed by atoms with E-state index in [1.54, 1.807) is 82.1 Å². The molecule has 538 valence electrons. The first kappa shape index (κ1) is 71.9. The normalized spacial score (nSPS) is 33.6. The fourth-order valence-corrected chi connectivity index (χ4v) is 22.8. The number of allylic oxidation sites excluding steroid dienone is 1. The van der Waals surface area contributed by atoms with Gasteiger partial charge in [0, 0.05) is 93.7 Å². The van der Waals surface area contributed by atoms with E-state index < -0.39 is 105 Å². The Morgan fingerprint density at radius 2 is 1.26 bits per heavy atom. The number of aliphatic hydroxyl groups is 2. The number of sulfonamides is 3. The lowest BCUT2D eigenvalue weighted by Crippen LogP contribution is -2.60. The van der Waals surface area contributed by atoms with Gasteiger partial charge in [-0.1, -0.05) is 67.8 Å². The molecular formula is C74H97Cl2N7O13S3. The molecule has 4 aromatic rings. The zero-order valence-corrected chi connectivity index (χ0v) is 61.5. The number of carbonyl (C=O) groups is 3. The van der Waals surface area contributed by atoms with Gasteiger partial charge in [0.2, 0.25) is 36.0 Å². The lowest BCUT2D eigenvalue weighted by Gasteiger charge is -2.51. The third kappa shape index (κ3) is 14.4. The van der Waals surface area contributed by atoms with Crippen molar-refractivity contribution < 1.29 is 59.3 Å². The Hall–Kier alpha value is -5.50. The average molecular weight is 1460 g/mol. The maximum atomic E-state index is 15.3. The number of hydrogen-bond donors (Lipinski definition) is 4. The van der Waals surface area contributed by atoms with Crippen molar-refractivity contribution in [2.45, 2.75) is 164 Å². The molecule has 0 aromatic heterocycles. The molecule has 25 heteroatoms. The summed E-state index contributed by atoms with van der Waals surface area (Å²) in [5.74, 6) is -3.71. The van der Waals surface area contributed by atoms with Gasteiger partial charge in [-0.15, -0.1) is 0 Å². The van der Waals surface area contributed by atoms with Crippen LogP contribution in [0.2, 0.25) is 10.0 Å². The molecule has 6 heterocycles.